The first-order chi connectivity index (χ1) is 9.38. The van der Waals surface area contributed by atoms with E-state index in [1.54, 1.807) is 0 Å². The largest absolute Gasteiger partial charge is 0.379 e. The van der Waals surface area contributed by atoms with Crippen molar-refractivity contribution in [3.05, 3.63) is 63.7 Å². The minimum atomic E-state index is -4.02. The van der Waals surface area contributed by atoms with E-state index in [4.69, 9.17) is 15.8 Å². The normalized spacial score (nSPS) is 11.1. The first kappa shape index (κ1) is 14.3. The maximum atomic E-state index is 12.0. The van der Waals surface area contributed by atoms with Crippen molar-refractivity contribution in [3.8, 4) is 5.75 Å². The summed E-state index contributed by atoms with van der Waals surface area (Å²) in [4.78, 5) is 9.81. The lowest BCUT2D eigenvalue weighted by Gasteiger charge is -2.06. The predicted octanol–water partition coefficient (Wildman–Crippen LogP) is 3.02. The van der Waals surface area contributed by atoms with Crippen molar-refractivity contribution in [3.63, 3.8) is 0 Å². The number of halogens is 1. The highest BCUT2D eigenvalue weighted by molar-refractivity contribution is 7.87. The lowest BCUT2D eigenvalue weighted by atomic mass is 10.3. The van der Waals surface area contributed by atoms with Crippen LogP contribution in [0.15, 0.2) is 53.4 Å². The van der Waals surface area contributed by atoms with Crippen molar-refractivity contribution in [2.45, 2.75) is 4.90 Å². The summed E-state index contributed by atoms with van der Waals surface area (Å²) in [6.45, 7) is 0. The molecule has 6 nitrogen and oxygen atoms in total. The zero-order valence-corrected chi connectivity index (χ0v) is 11.5. The van der Waals surface area contributed by atoms with Gasteiger partial charge in [0.05, 0.1) is 4.92 Å². The molecule has 0 saturated carbocycles. The smallest absolute Gasteiger partial charge is 0.339 e. The summed E-state index contributed by atoms with van der Waals surface area (Å²) < 4.78 is 28.8. The average molecular weight is 314 g/mol. The molecular weight excluding hydrogens is 306 g/mol. The van der Waals surface area contributed by atoms with E-state index in [1.165, 1.54) is 36.4 Å². The van der Waals surface area contributed by atoms with Gasteiger partial charge in [-0.05, 0) is 30.3 Å². The Morgan fingerprint density at radius 3 is 2.30 bits per heavy atom. The number of nitro benzene ring substituents is 1. The number of hydrogen-bond donors (Lipinski definition) is 0. The van der Waals surface area contributed by atoms with Gasteiger partial charge in [-0.2, -0.15) is 8.42 Å². The van der Waals surface area contributed by atoms with Gasteiger partial charge in [-0.15, -0.1) is 0 Å². The number of benzene rings is 2. The second-order valence-electron chi connectivity index (χ2n) is 3.75. The molecule has 0 radical (unpaired) electrons. The minimum Gasteiger partial charge on any atom is -0.379 e. The third-order valence-corrected chi connectivity index (χ3v) is 3.82. The monoisotopic (exact) mass is 313 g/mol. The summed E-state index contributed by atoms with van der Waals surface area (Å²) in [6, 6.07) is 10.3. The van der Waals surface area contributed by atoms with Crippen molar-refractivity contribution in [2.75, 3.05) is 0 Å². The fourth-order valence-electron chi connectivity index (χ4n) is 1.42. The molecule has 0 saturated heterocycles. The van der Waals surface area contributed by atoms with Crippen LogP contribution >= 0.6 is 11.6 Å². The van der Waals surface area contributed by atoms with Gasteiger partial charge >= 0.3 is 10.1 Å². The van der Waals surface area contributed by atoms with Gasteiger partial charge in [0.2, 0.25) is 0 Å². The van der Waals surface area contributed by atoms with Crippen LogP contribution in [0.3, 0.4) is 0 Å². The van der Waals surface area contributed by atoms with E-state index in [1.807, 2.05) is 0 Å². The number of hydrogen-bond acceptors (Lipinski definition) is 5. The van der Waals surface area contributed by atoms with Crippen molar-refractivity contribution in [1.29, 1.82) is 0 Å². The van der Waals surface area contributed by atoms with Gasteiger partial charge in [-0.25, -0.2) is 0 Å². The van der Waals surface area contributed by atoms with Gasteiger partial charge in [-0.3, -0.25) is 10.1 Å². The van der Waals surface area contributed by atoms with E-state index in [-0.39, 0.29) is 21.4 Å². The highest BCUT2D eigenvalue weighted by Gasteiger charge is 2.17. The summed E-state index contributed by atoms with van der Waals surface area (Å²) in [7, 11) is -4.02. The first-order valence-electron chi connectivity index (χ1n) is 5.33. The molecule has 0 amide bonds. The molecule has 0 spiro atoms. The molecule has 2 aromatic carbocycles. The van der Waals surface area contributed by atoms with Gasteiger partial charge < -0.3 is 4.18 Å². The van der Waals surface area contributed by atoms with Gasteiger partial charge in [0.25, 0.3) is 5.69 Å². The summed E-state index contributed by atoms with van der Waals surface area (Å²) in [5.41, 5.74) is -0.155. The number of rotatable bonds is 4. The Kier molecular flexibility index (Phi) is 3.91. The van der Waals surface area contributed by atoms with Crippen molar-refractivity contribution >= 4 is 27.4 Å². The van der Waals surface area contributed by atoms with Gasteiger partial charge in [0.1, 0.15) is 10.6 Å². The van der Waals surface area contributed by atoms with Crippen molar-refractivity contribution in [1.82, 2.24) is 0 Å². The van der Waals surface area contributed by atoms with Crippen LogP contribution in [0.4, 0.5) is 5.69 Å². The standard InChI is InChI=1S/C12H8ClNO5S/c13-9-2-1-3-12(8-9)20(17,18)19-11-6-4-10(5-7-11)14(15)16/h1-8H. The zero-order valence-electron chi connectivity index (χ0n) is 9.89. The maximum Gasteiger partial charge on any atom is 0.339 e. The fourth-order valence-corrected chi connectivity index (χ4v) is 2.65. The van der Waals surface area contributed by atoms with E-state index in [9.17, 15) is 18.5 Å². The molecule has 0 bridgehead atoms. The number of nitro groups is 1. The summed E-state index contributed by atoms with van der Waals surface area (Å²) >= 11 is 5.71. The summed E-state index contributed by atoms with van der Waals surface area (Å²) in [5.74, 6) is -0.0180. The topological polar surface area (TPSA) is 86.5 Å². The van der Waals surface area contributed by atoms with Crippen LogP contribution in [0.2, 0.25) is 5.02 Å². The van der Waals surface area contributed by atoms with Crippen LogP contribution in [0.25, 0.3) is 0 Å². The van der Waals surface area contributed by atoms with E-state index >= 15 is 0 Å². The number of nitrogens with zero attached hydrogens (tertiary/aromatic N) is 1. The molecule has 0 atom stereocenters. The van der Waals surface area contributed by atoms with Gasteiger partial charge in [-0.1, -0.05) is 17.7 Å². The Bertz CT molecular complexity index is 743. The van der Waals surface area contributed by atoms with E-state index < -0.39 is 15.0 Å². The Hall–Kier alpha value is -2.12. The van der Waals surface area contributed by atoms with Crippen molar-refractivity contribution in [2.24, 2.45) is 0 Å². The fraction of sp³-hybridized carbons (Fsp3) is 0. The molecule has 0 fully saturated rings. The second kappa shape index (κ2) is 5.48. The lowest BCUT2D eigenvalue weighted by Crippen LogP contribution is -2.09. The van der Waals surface area contributed by atoms with Gasteiger partial charge in [0, 0.05) is 17.2 Å². The molecule has 0 aliphatic heterocycles. The van der Waals surface area contributed by atoms with E-state index in [2.05, 4.69) is 0 Å². The Morgan fingerprint density at radius 2 is 1.75 bits per heavy atom. The quantitative estimate of drug-likeness (QED) is 0.492. The molecule has 2 aromatic rings. The van der Waals surface area contributed by atoms with E-state index in [0.29, 0.717) is 0 Å². The molecule has 20 heavy (non-hydrogen) atoms. The van der Waals surface area contributed by atoms with Crippen LogP contribution in [0.1, 0.15) is 0 Å². The average Bonchev–Trinajstić information content (AvgIpc) is 2.39. The third-order valence-electron chi connectivity index (χ3n) is 2.34. The molecule has 0 heterocycles. The van der Waals surface area contributed by atoms with Crippen LogP contribution in [0.5, 0.6) is 5.75 Å². The zero-order chi connectivity index (χ0) is 14.8. The molecular formula is C12H8ClNO5S. The molecule has 2 rings (SSSR count). The lowest BCUT2D eigenvalue weighted by molar-refractivity contribution is -0.384. The van der Waals surface area contributed by atoms with Crippen LogP contribution in [-0.4, -0.2) is 13.3 Å². The highest BCUT2D eigenvalue weighted by Crippen LogP contribution is 2.23. The third kappa shape index (κ3) is 3.25. The maximum absolute atomic E-state index is 12.0. The van der Waals surface area contributed by atoms with Crippen LogP contribution in [0, 0.1) is 10.1 Å². The summed E-state index contributed by atoms with van der Waals surface area (Å²) in [6.07, 6.45) is 0. The molecule has 104 valence electrons. The molecule has 0 unspecified atom stereocenters. The van der Waals surface area contributed by atoms with Crippen LogP contribution in [-0.2, 0) is 10.1 Å². The van der Waals surface area contributed by atoms with Gasteiger partial charge in [0.15, 0.2) is 0 Å². The van der Waals surface area contributed by atoms with Crippen molar-refractivity contribution < 1.29 is 17.5 Å². The second-order valence-corrected chi connectivity index (χ2v) is 5.73. The minimum absolute atomic E-state index is 0.0180. The van der Waals surface area contributed by atoms with E-state index in [0.717, 1.165) is 12.1 Å². The number of non-ortho nitro benzene ring substituents is 1. The first-order valence-corrected chi connectivity index (χ1v) is 7.11. The molecule has 0 aliphatic rings. The Labute approximate surface area is 119 Å². The Morgan fingerprint density at radius 1 is 1.10 bits per heavy atom. The molecule has 0 aromatic heterocycles. The predicted molar refractivity (Wildman–Crippen MR) is 72.4 cm³/mol. The molecule has 0 aliphatic carbocycles. The Balaban J connectivity index is 2.26. The SMILES string of the molecule is O=[N+]([O-])c1ccc(OS(=O)(=O)c2cccc(Cl)c2)cc1. The summed E-state index contributed by atoms with van der Waals surface area (Å²) in [5, 5.41) is 10.8. The van der Waals surface area contributed by atoms with Crippen LogP contribution < -0.4 is 4.18 Å². The highest BCUT2D eigenvalue weighted by atomic mass is 35.5. The molecule has 0 N–H and O–H groups in total. The molecule has 8 heteroatoms.